The van der Waals surface area contributed by atoms with Crippen molar-refractivity contribution in [2.45, 2.75) is 6.42 Å². The number of amides is 2. The molecule has 6 nitrogen and oxygen atoms in total. The molecule has 2 fully saturated rings. The number of ether oxygens (including phenoxy) is 1. The maximum absolute atomic E-state index is 11.8. The molecule has 0 aromatic carbocycles. The molecule has 0 N–H and O–H groups in total. The van der Waals surface area contributed by atoms with Crippen molar-refractivity contribution in [3.05, 3.63) is 0 Å². The fraction of sp³-hybridized carbons (Fsp3) is 0.818. The van der Waals surface area contributed by atoms with Gasteiger partial charge in [0.25, 0.3) is 5.91 Å². The Morgan fingerprint density at radius 3 is 2.39 bits per heavy atom. The minimum atomic E-state index is -0.0488. The number of carbonyl (C=O) groups is 2. The largest absolute Gasteiger partial charge is 0.378 e. The highest BCUT2D eigenvalue weighted by molar-refractivity contribution is 8.00. The quantitative estimate of drug-likeness (QED) is 0.707. The Hall–Kier alpha value is -0.790. The van der Waals surface area contributed by atoms with Gasteiger partial charge in [-0.25, -0.2) is 5.06 Å². The van der Waals surface area contributed by atoms with E-state index in [4.69, 9.17) is 9.57 Å². The van der Waals surface area contributed by atoms with Crippen LogP contribution in [0.3, 0.4) is 0 Å². The third-order valence-electron chi connectivity index (χ3n) is 2.85. The first-order chi connectivity index (χ1) is 8.77. The SMILES string of the molecule is O=C(CSCC(=O)N1CCCO1)N1CCOCC1. The number of hydroxylamine groups is 2. The molecule has 2 aliphatic rings. The molecule has 102 valence electrons. The highest BCUT2D eigenvalue weighted by atomic mass is 32.2. The van der Waals surface area contributed by atoms with Crippen LogP contribution in [-0.4, -0.2) is 72.7 Å². The second-order valence-corrected chi connectivity index (χ2v) is 5.15. The fourth-order valence-corrected chi connectivity index (χ4v) is 2.62. The Bertz CT molecular complexity index is 301. The van der Waals surface area contributed by atoms with Crippen LogP contribution >= 0.6 is 11.8 Å². The van der Waals surface area contributed by atoms with E-state index in [9.17, 15) is 9.59 Å². The Morgan fingerprint density at radius 1 is 1.00 bits per heavy atom. The third kappa shape index (κ3) is 3.86. The van der Waals surface area contributed by atoms with Crippen molar-refractivity contribution >= 4 is 23.6 Å². The lowest BCUT2D eigenvalue weighted by molar-refractivity contribution is -0.165. The average Bonchev–Trinajstić information content (AvgIpc) is 2.93. The van der Waals surface area contributed by atoms with Crippen molar-refractivity contribution in [1.82, 2.24) is 9.96 Å². The summed E-state index contributed by atoms with van der Waals surface area (Å²) in [4.78, 5) is 30.4. The molecule has 0 aliphatic carbocycles. The Balaban J connectivity index is 1.62. The van der Waals surface area contributed by atoms with Gasteiger partial charge in [-0.15, -0.1) is 11.8 Å². The summed E-state index contributed by atoms with van der Waals surface area (Å²) in [6.07, 6.45) is 0.892. The molecular weight excluding hydrogens is 256 g/mol. The highest BCUT2D eigenvalue weighted by Gasteiger charge is 2.21. The van der Waals surface area contributed by atoms with Gasteiger partial charge >= 0.3 is 0 Å². The standard InChI is InChI=1S/C11H18N2O4S/c14-10(12-3-6-16-7-4-12)8-18-9-11(15)13-2-1-5-17-13/h1-9H2. The molecule has 0 aromatic heterocycles. The molecular formula is C11H18N2O4S. The second kappa shape index (κ2) is 6.96. The van der Waals surface area contributed by atoms with Gasteiger partial charge in [-0.2, -0.15) is 0 Å². The van der Waals surface area contributed by atoms with Gasteiger partial charge in [0.05, 0.1) is 37.9 Å². The lowest BCUT2D eigenvalue weighted by atomic mass is 10.4. The van der Waals surface area contributed by atoms with E-state index in [0.717, 1.165) is 6.42 Å². The summed E-state index contributed by atoms with van der Waals surface area (Å²) in [6.45, 7) is 3.80. The molecule has 0 aromatic rings. The molecule has 18 heavy (non-hydrogen) atoms. The van der Waals surface area contributed by atoms with Crippen LogP contribution in [-0.2, 0) is 19.2 Å². The van der Waals surface area contributed by atoms with E-state index in [0.29, 0.717) is 51.0 Å². The molecule has 0 saturated carbocycles. The van der Waals surface area contributed by atoms with Gasteiger partial charge in [-0.3, -0.25) is 14.4 Å². The molecule has 7 heteroatoms. The van der Waals surface area contributed by atoms with Crippen molar-refractivity contribution < 1.29 is 19.2 Å². The summed E-state index contributed by atoms with van der Waals surface area (Å²) in [5.74, 6) is 0.682. The smallest absolute Gasteiger partial charge is 0.256 e. The van der Waals surface area contributed by atoms with Gasteiger partial charge in [-0.05, 0) is 6.42 Å². The van der Waals surface area contributed by atoms with E-state index >= 15 is 0 Å². The van der Waals surface area contributed by atoms with Crippen LogP contribution in [0.1, 0.15) is 6.42 Å². The molecule has 0 atom stereocenters. The van der Waals surface area contributed by atoms with Crippen molar-refractivity contribution in [2.24, 2.45) is 0 Å². The zero-order chi connectivity index (χ0) is 12.8. The van der Waals surface area contributed by atoms with E-state index < -0.39 is 0 Å². The van der Waals surface area contributed by atoms with Gasteiger partial charge in [0, 0.05) is 13.1 Å². The topological polar surface area (TPSA) is 59.1 Å². The van der Waals surface area contributed by atoms with Crippen LogP contribution in [0.25, 0.3) is 0 Å². The first-order valence-electron chi connectivity index (χ1n) is 6.14. The van der Waals surface area contributed by atoms with Gasteiger partial charge in [0.2, 0.25) is 5.91 Å². The lowest BCUT2D eigenvalue weighted by Crippen LogP contribution is -2.41. The number of nitrogens with zero attached hydrogens (tertiary/aromatic N) is 2. The van der Waals surface area contributed by atoms with Gasteiger partial charge < -0.3 is 9.64 Å². The predicted octanol–water partition coefficient (Wildman–Crippen LogP) is -0.258. The summed E-state index contributed by atoms with van der Waals surface area (Å²) in [6, 6.07) is 0. The summed E-state index contributed by atoms with van der Waals surface area (Å²) < 4.78 is 5.18. The third-order valence-corrected chi connectivity index (χ3v) is 3.75. The Labute approximate surface area is 111 Å². The minimum absolute atomic E-state index is 0.0488. The lowest BCUT2D eigenvalue weighted by Gasteiger charge is -2.26. The van der Waals surface area contributed by atoms with Gasteiger partial charge in [0.1, 0.15) is 0 Å². The van der Waals surface area contributed by atoms with E-state index in [-0.39, 0.29) is 11.8 Å². The van der Waals surface area contributed by atoms with Crippen LogP contribution < -0.4 is 0 Å². The number of hydrogen-bond donors (Lipinski definition) is 0. The summed E-state index contributed by atoms with van der Waals surface area (Å²) in [5, 5.41) is 1.40. The second-order valence-electron chi connectivity index (χ2n) is 4.17. The molecule has 0 unspecified atom stereocenters. The normalized spacial score (nSPS) is 20.2. The maximum atomic E-state index is 11.8. The number of thioether (sulfide) groups is 1. The van der Waals surface area contributed by atoms with E-state index in [1.807, 2.05) is 0 Å². The van der Waals surface area contributed by atoms with Crippen molar-refractivity contribution in [2.75, 3.05) is 51.0 Å². The Morgan fingerprint density at radius 2 is 1.72 bits per heavy atom. The van der Waals surface area contributed by atoms with E-state index in [1.165, 1.54) is 16.8 Å². The van der Waals surface area contributed by atoms with Crippen molar-refractivity contribution in [3.8, 4) is 0 Å². The Kier molecular flexibility index (Phi) is 5.27. The summed E-state index contributed by atoms with van der Waals surface area (Å²) in [7, 11) is 0. The number of hydrogen-bond acceptors (Lipinski definition) is 5. The average molecular weight is 274 g/mol. The molecule has 0 radical (unpaired) electrons. The van der Waals surface area contributed by atoms with E-state index in [2.05, 4.69) is 0 Å². The van der Waals surface area contributed by atoms with Crippen molar-refractivity contribution in [3.63, 3.8) is 0 Å². The number of morpholine rings is 1. The van der Waals surface area contributed by atoms with Crippen LogP contribution in [0.2, 0.25) is 0 Å². The van der Waals surface area contributed by atoms with Gasteiger partial charge in [-0.1, -0.05) is 0 Å². The first-order valence-corrected chi connectivity index (χ1v) is 7.29. The predicted molar refractivity (Wildman–Crippen MR) is 67.0 cm³/mol. The molecule has 2 amide bonds. The molecule has 2 rings (SSSR count). The van der Waals surface area contributed by atoms with Gasteiger partial charge in [0.15, 0.2) is 0 Å². The number of rotatable bonds is 4. The molecule has 2 saturated heterocycles. The van der Waals surface area contributed by atoms with Crippen LogP contribution in [0, 0.1) is 0 Å². The van der Waals surface area contributed by atoms with Crippen LogP contribution in [0.15, 0.2) is 0 Å². The minimum Gasteiger partial charge on any atom is -0.378 e. The fourth-order valence-electron chi connectivity index (χ4n) is 1.85. The summed E-state index contributed by atoms with van der Waals surface area (Å²) in [5.41, 5.74) is 0. The molecule has 2 heterocycles. The van der Waals surface area contributed by atoms with Crippen LogP contribution in [0.5, 0.6) is 0 Å². The first kappa shape index (κ1) is 13.6. The maximum Gasteiger partial charge on any atom is 0.256 e. The van der Waals surface area contributed by atoms with Crippen LogP contribution in [0.4, 0.5) is 0 Å². The summed E-state index contributed by atoms with van der Waals surface area (Å²) >= 11 is 1.35. The monoisotopic (exact) mass is 274 g/mol. The zero-order valence-corrected chi connectivity index (χ0v) is 11.1. The molecule has 0 bridgehead atoms. The molecule has 2 aliphatic heterocycles. The van der Waals surface area contributed by atoms with Crippen molar-refractivity contribution in [1.29, 1.82) is 0 Å². The molecule has 0 spiro atoms. The zero-order valence-electron chi connectivity index (χ0n) is 10.3. The highest BCUT2D eigenvalue weighted by Crippen LogP contribution is 2.10. The number of carbonyl (C=O) groups excluding carboxylic acids is 2. The van der Waals surface area contributed by atoms with E-state index in [1.54, 1.807) is 4.90 Å².